The zero-order valence-corrected chi connectivity index (χ0v) is 15.7. The molecule has 1 aliphatic heterocycles. The summed E-state index contributed by atoms with van der Waals surface area (Å²) in [7, 11) is 0. The highest BCUT2D eigenvalue weighted by atomic mass is 15.2. The Morgan fingerprint density at radius 2 is 1.40 bits per heavy atom. The quantitative estimate of drug-likeness (QED) is 0.661. The zero-order valence-electron chi connectivity index (χ0n) is 15.7. The predicted molar refractivity (Wildman–Crippen MR) is 107 cm³/mol. The first-order valence-electron chi connectivity index (χ1n) is 10.1. The Labute approximate surface area is 151 Å². The third kappa shape index (κ3) is 3.20. The first kappa shape index (κ1) is 16.7. The maximum Gasteiger partial charge on any atom is 0.0848 e. The molecule has 132 valence electrons. The van der Waals surface area contributed by atoms with Crippen LogP contribution in [0.2, 0.25) is 0 Å². The topological polar surface area (TPSA) is 9.37 Å². The van der Waals surface area contributed by atoms with E-state index >= 15 is 0 Å². The number of likely N-dealkylation sites (tertiary alicyclic amines) is 1. The van der Waals surface area contributed by atoms with Crippen LogP contribution in [0, 0.1) is 0 Å². The fourth-order valence-corrected chi connectivity index (χ4v) is 4.92. The van der Waals surface area contributed by atoms with Gasteiger partial charge in [-0.3, -0.25) is 0 Å². The van der Waals surface area contributed by atoms with Crippen LogP contribution in [0.25, 0.3) is 21.8 Å². The molecule has 1 aromatic heterocycles. The number of benzene rings is 2. The minimum Gasteiger partial charge on any atom is -0.340 e. The van der Waals surface area contributed by atoms with Crippen molar-refractivity contribution in [2.75, 3.05) is 6.54 Å². The number of hydrogen-bond donors (Lipinski definition) is 1. The van der Waals surface area contributed by atoms with E-state index in [0.717, 1.165) is 18.6 Å². The number of rotatable bonds is 5. The highest BCUT2D eigenvalue weighted by Gasteiger charge is 2.27. The van der Waals surface area contributed by atoms with Gasteiger partial charge in [-0.25, -0.2) is 0 Å². The summed E-state index contributed by atoms with van der Waals surface area (Å²) >= 11 is 0. The number of para-hydroxylation sites is 2. The SMILES string of the molecule is C[C@H]1CCC[C@H](C)[NH+]1CCCCn1c2ccccc2c2ccccc21. The van der Waals surface area contributed by atoms with E-state index in [9.17, 15) is 0 Å². The number of nitrogens with one attached hydrogen (secondary N) is 1. The molecular formula is C23H31N2+. The lowest BCUT2D eigenvalue weighted by atomic mass is 9.97. The second kappa shape index (κ2) is 7.21. The Bertz CT molecular complexity index is 784. The van der Waals surface area contributed by atoms with Crippen LogP contribution in [-0.4, -0.2) is 23.2 Å². The Morgan fingerprint density at radius 3 is 2.00 bits per heavy atom. The second-order valence-electron chi connectivity index (χ2n) is 7.95. The monoisotopic (exact) mass is 335 g/mol. The summed E-state index contributed by atoms with van der Waals surface area (Å²) in [5.41, 5.74) is 2.77. The fourth-order valence-electron chi connectivity index (χ4n) is 4.92. The van der Waals surface area contributed by atoms with Gasteiger partial charge in [0.05, 0.1) is 18.6 Å². The van der Waals surface area contributed by atoms with Crippen LogP contribution >= 0.6 is 0 Å². The van der Waals surface area contributed by atoms with E-state index in [-0.39, 0.29) is 0 Å². The lowest BCUT2D eigenvalue weighted by Gasteiger charge is -2.35. The van der Waals surface area contributed by atoms with E-state index < -0.39 is 0 Å². The van der Waals surface area contributed by atoms with Crippen LogP contribution in [0.4, 0.5) is 0 Å². The summed E-state index contributed by atoms with van der Waals surface area (Å²) < 4.78 is 2.53. The molecule has 0 saturated carbocycles. The van der Waals surface area contributed by atoms with E-state index in [2.05, 4.69) is 66.9 Å². The number of hydrogen-bond acceptors (Lipinski definition) is 0. The summed E-state index contributed by atoms with van der Waals surface area (Å²) in [4.78, 5) is 1.84. The zero-order chi connectivity index (χ0) is 17.2. The minimum atomic E-state index is 0.844. The molecule has 1 saturated heterocycles. The Balaban J connectivity index is 1.47. The molecule has 0 aliphatic carbocycles. The molecule has 25 heavy (non-hydrogen) atoms. The average Bonchev–Trinajstić information content (AvgIpc) is 2.95. The number of aromatic nitrogens is 1. The standard InChI is InChI=1S/C23H30N2/c1-18-10-9-11-19(2)24(18)16-7-8-17-25-22-14-5-3-12-20(22)21-13-4-6-15-23(21)25/h3-6,12-15,18-19H,7-11,16-17H2,1-2H3/p+1/t18-,19-/m0/s1. The van der Waals surface area contributed by atoms with E-state index in [0.29, 0.717) is 0 Å². The van der Waals surface area contributed by atoms with Crippen molar-refractivity contribution in [3.05, 3.63) is 48.5 Å². The Hall–Kier alpha value is -1.80. The molecule has 4 rings (SSSR count). The lowest BCUT2D eigenvalue weighted by molar-refractivity contribution is -0.951. The normalized spacial score (nSPS) is 22.0. The van der Waals surface area contributed by atoms with Crippen molar-refractivity contribution in [3.8, 4) is 0 Å². The second-order valence-corrected chi connectivity index (χ2v) is 7.95. The van der Waals surface area contributed by atoms with Crippen molar-refractivity contribution in [2.24, 2.45) is 0 Å². The lowest BCUT2D eigenvalue weighted by Crippen LogP contribution is -3.19. The summed E-state index contributed by atoms with van der Waals surface area (Å²) in [6.07, 6.45) is 6.84. The molecule has 0 bridgehead atoms. The highest BCUT2D eigenvalue weighted by molar-refractivity contribution is 6.07. The van der Waals surface area contributed by atoms with Crippen molar-refractivity contribution >= 4 is 21.8 Å². The number of nitrogens with zero attached hydrogens (tertiary/aromatic N) is 1. The number of aryl methyl sites for hydroxylation is 1. The van der Waals surface area contributed by atoms with E-state index in [1.807, 2.05) is 4.90 Å². The van der Waals surface area contributed by atoms with Crippen LogP contribution < -0.4 is 4.90 Å². The molecule has 0 radical (unpaired) electrons. The molecule has 2 nitrogen and oxygen atoms in total. The highest BCUT2D eigenvalue weighted by Crippen LogP contribution is 2.28. The van der Waals surface area contributed by atoms with Gasteiger partial charge in [-0.2, -0.15) is 0 Å². The van der Waals surface area contributed by atoms with Crippen LogP contribution in [0.3, 0.4) is 0 Å². The van der Waals surface area contributed by atoms with Crippen molar-refractivity contribution in [1.82, 2.24) is 4.57 Å². The molecule has 1 N–H and O–H groups in total. The van der Waals surface area contributed by atoms with Crippen LogP contribution in [0.5, 0.6) is 0 Å². The predicted octanol–water partition coefficient (Wildman–Crippen LogP) is 4.42. The van der Waals surface area contributed by atoms with Gasteiger partial charge in [0.15, 0.2) is 0 Å². The number of unbranched alkanes of at least 4 members (excludes halogenated alkanes) is 1. The van der Waals surface area contributed by atoms with Gasteiger partial charge in [-0.05, 0) is 58.1 Å². The molecule has 3 aromatic rings. The smallest absolute Gasteiger partial charge is 0.0848 e. The molecular weight excluding hydrogens is 304 g/mol. The number of quaternary nitrogens is 1. The van der Waals surface area contributed by atoms with Crippen molar-refractivity contribution in [3.63, 3.8) is 0 Å². The maximum absolute atomic E-state index is 2.53. The van der Waals surface area contributed by atoms with Crippen molar-refractivity contribution in [2.45, 2.75) is 64.6 Å². The summed E-state index contributed by atoms with van der Waals surface area (Å²) in [5, 5.41) is 2.78. The number of fused-ring (bicyclic) bond motifs is 3. The molecule has 0 amide bonds. The van der Waals surface area contributed by atoms with Crippen LogP contribution in [0.15, 0.2) is 48.5 Å². The Morgan fingerprint density at radius 1 is 0.840 bits per heavy atom. The van der Waals surface area contributed by atoms with E-state index in [1.165, 1.54) is 60.5 Å². The third-order valence-corrected chi connectivity index (χ3v) is 6.32. The van der Waals surface area contributed by atoms with E-state index in [4.69, 9.17) is 0 Å². The van der Waals surface area contributed by atoms with Crippen molar-refractivity contribution in [1.29, 1.82) is 0 Å². The first-order chi connectivity index (χ1) is 12.3. The van der Waals surface area contributed by atoms with E-state index in [1.54, 1.807) is 0 Å². The molecule has 1 aliphatic rings. The molecule has 2 atom stereocenters. The summed E-state index contributed by atoms with van der Waals surface area (Å²) in [6.45, 7) is 7.35. The minimum absolute atomic E-state index is 0.844. The van der Waals surface area contributed by atoms with Gasteiger partial charge in [-0.15, -0.1) is 0 Å². The van der Waals surface area contributed by atoms with Crippen LogP contribution in [-0.2, 0) is 6.54 Å². The van der Waals surface area contributed by atoms with Gasteiger partial charge >= 0.3 is 0 Å². The molecule has 0 spiro atoms. The summed E-state index contributed by atoms with van der Waals surface area (Å²) in [5.74, 6) is 0. The molecule has 2 heteroatoms. The molecule has 2 aromatic carbocycles. The third-order valence-electron chi connectivity index (χ3n) is 6.32. The van der Waals surface area contributed by atoms with Gasteiger partial charge in [0, 0.05) is 28.4 Å². The van der Waals surface area contributed by atoms with Gasteiger partial charge in [-0.1, -0.05) is 36.4 Å². The molecule has 1 fully saturated rings. The number of piperidine rings is 1. The van der Waals surface area contributed by atoms with Gasteiger partial charge < -0.3 is 9.47 Å². The maximum atomic E-state index is 2.53. The first-order valence-corrected chi connectivity index (χ1v) is 10.1. The van der Waals surface area contributed by atoms with Crippen LogP contribution in [0.1, 0.15) is 46.0 Å². The summed E-state index contributed by atoms with van der Waals surface area (Å²) in [6, 6.07) is 19.4. The molecule has 2 heterocycles. The molecule has 0 unspecified atom stereocenters. The van der Waals surface area contributed by atoms with Crippen molar-refractivity contribution < 1.29 is 4.90 Å². The van der Waals surface area contributed by atoms with Gasteiger partial charge in [0.2, 0.25) is 0 Å². The average molecular weight is 336 g/mol. The Kier molecular flexibility index (Phi) is 4.80. The van der Waals surface area contributed by atoms with Gasteiger partial charge in [0.25, 0.3) is 0 Å². The largest absolute Gasteiger partial charge is 0.340 e. The fraction of sp³-hybridized carbons (Fsp3) is 0.478. The van der Waals surface area contributed by atoms with Gasteiger partial charge in [0.1, 0.15) is 0 Å².